The minimum absolute atomic E-state index is 0.386. The van der Waals surface area contributed by atoms with Crippen molar-refractivity contribution >= 4 is 0 Å². The van der Waals surface area contributed by atoms with E-state index in [1.165, 1.54) is 25.7 Å². The van der Waals surface area contributed by atoms with Gasteiger partial charge < -0.3 is 19.9 Å². The van der Waals surface area contributed by atoms with Gasteiger partial charge in [-0.15, -0.1) is 0 Å². The van der Waals surface area contributed by atoms with Gasteiger partial charge in [0.1, 0.15) is 0 Å². The van der Waals surface area contributed by atoms with Crippen LogP contribution in [0.5, 0.6) is 0 Å². The van der Waals surface area contributed by atoms with Crippen LogP contribution in [-0.2, 0) is 9.47 Å². The maximum atomic E-state index is 9.74. The van der Waals surface area contributed by atoms with Crippen LogP contribution >= 0.6 is 0 Å². The van der Waals surface area contributed by atoms with Crippen LogP contribution < -0.4 is 5.32 Å². The highest BCUT2D eigenvalue weighted by Crippen LogP contribution is 2.36. The molecule has 0 saturated heterocycles. The van der Waals surface area contributed by atoms with Crippen LogP contribution in [0.25, 0.3) is 0 Å². The van der Waals surface area contributed by atoms with E-state index >= 15 is 0 Å². The predicted octanol–water partition coefficient (Wildman–Crippen LogP) is 1.57. The second-order valence-electron chi connectivity index (χ2n) is 5.57. The smallest absolute Gasteiger partial charge is 0.0897 e. The maximum Gasteiger partial charge on any atom is 0.0897 e. The van der Waals surface area contributed by atoms with E-state index in [1.54, 1.807) is 0 Å². The third-order valence-electron chi connectivity index (χ3n) is 3.63. The fourth-order valence-corrected chi connectivity index (χ4v) is 2.49. The van der Waals surface area contributed by atoms with Crippen LogP contribution in [0.4, 0.5) is 0 Å². The van der Waals surface area contributed by atoms with Gasteiger partial charge in [0.05, 0.1) is 25.9 Å². The highest BCUT2D eigenvalue weighted by atomic mass is 16.5. The van der Waals surface area contributed by atoms with Gasteiger partial charge in [-0.3, -0.25) is 0 Å². The molecule has 1 aliphatic rings. The van der Waals surface area contributed by atoms with Crippen LogP contribution in [0.2, 0.25) is 0 Å². The van der Waals surface area contributed by atoms with Crippen LogP contribution in [0, 0.1) is 5.41 Å². The Hall–Kier alpha value is -0.160. The highest BCUT2D eigenvalue weighted by Gasteiger charge is 2.27. The van der Waals surface area contributed by atoms with Gasteiger partial charge in [-0.25, -0.2) is 0 Å². The average Bonchev–Trinajstić information content (AvgIpc) is 2.76. The summed E-state index contributed by atoms with van der Waals surface area (Å²) in [5, 5.41) is 13.1. The molecule has 18 heavy (non-hydrogen) atoms. The van der Waals surface area contributed by atoms with Gasteiger partial charge in [-0.1, -0.05) is 19.8 Å². The first-order valence-corrected chi connectivity index (χ1v) is 7.20. The third kappa shape index (κ3) is 6.69. The Morgan fingerprint density at radius 2 is 1.89 bits per heavy atom. The standard InChI is InChI=1S/C14H29NO3/c1-3-17-8-9-18-11-13(16)10-15-12-14(2)6-4-5-7-14/h13,15-16H,3-12H2,1-2H3. The molecule has 1 atom stereocenters. The lowest BCUT2D eigenvalue weighted by Gasteiger charge is -2.24. The fraction of sp³-hybridized carbons (Fsp3) is 1.00. The number of nitrogens with one attached hydrogen (secondary N) is 1. The van der Waals surface area contributed by atoms with Gasteiger partial charge in [0.25, 0.3) is 0 Å². The molecule has 4 heteroatoms. The number of aliphatic hydroxyl groups is 1. The zero-order valence-electron chi connectivity index (χ0n) is 11.9. The summed E-state index contributed by atoms with van der Waals surface area (Å²) in [6.45, 7) is 8.17. The summed E-state index contributed by atoms with van der Waals surface area (Å²) in [6.07, 6.45) is 4.89. The van der Waals surface area contributed by atoms with Crippen LogP contribution in [-0.4, -0.2) is 50.7 Å². The van der Waals surface area contributed by atoms with Crippen molar-refractivity contribution < 1.29 is 14.6 Å². The largest absolute Gasteiger partial charge is 0.389 e. The summed E-state index contributed by atoms with van der Waals surface area (Å²) in [4.78, 5) is 0. The van der Waals surface area contributed by atoms with Crippen molar-refractivity contribution in [2.75, 3.05) is 39.5 Å². The summed E-state index contributed by atoms with van der Waals surface area (Å²) in [7, 11) is 0. The lowest BCUT2D eigenvalue weighted by atomic mass is 9.89. The Kier molecular flexibility index (Phi) is 7.82. The molecule has 1 saturated carbocycles. The highest BCUT2D eigenvalue weighted by molar-refractivity contribution is 4.82. The first kappa shape index (κ1) is 15.9. The average molecular weight is 259 g/mol. The second-order valence-corrected chi connectivity index (χ2v) is 5.57. The molecule has 108 valence electrons. The molecule has 1 unspecified atom stereocenters. The zero-order chi connectivity index (χ0) is 13.3. The molecule has 0 heterocycles. The van der Waals surface area contributed by atoms with E-state index in [1.807, 2.05) is 6.92 Å². The van der Waals surface area contributed by atoms with E-state index in [4.69, 9.17) is 9.47 Å². The van der Waals surface area contributed by atoms with Gasteiger partial charge >= 0.3 is 0 Å². The molecule has 1 rings (SSSR count). The summed E-state index contributed by atoms with van der Waals surface area (Å²) >= 11 is 0. The van der Waals surface area contributed by atoms with E-state index < -0.39 is 6.10 Å². The molecule has 0 radical (unpaired) electrons. The number of hydrogen-bond acceptors (Lipinski definition) is 4. The number of ether oxygens (including phenoxy) is 2. The van der Waals surface area contributed by atoms with Crippen molar-refractivity contribution in [3.8, 4) is 0 Å². The number of hydrogen-bond donors (Lipinski definition) is 2. The molecule has 0 aromatic rings. The first-order valence-electron chi connectivity index (χ1n) is 7.20. The first-order chi connectivity index (χ1) is 8.66. The lowest BCUT2D eigenvalue weighted by Crippen LogP contribution is -2.36. The van der Waals surface area contributed by atoms with E-state index in [0.717, 1.165) is 6.54 Å². The summed E-state index contributed by atoms with van der Waals surface area (Å²) in [5.74, 6) is 0. The Bertz CT molecular complexity index is 205. The van der Waals surface area contributed by atoms with E-state index in [2.05, 4.69) is 12.2 Å². The van der Waals surface area contributed by atoms with Gasteiger partial charge in [0.15, 0.2) is 0 Å². The monoisotopic (exact) mass is 259 g/mol. The van der Waals surface area contributed by atoms with E-state index in [0.29, 0.717) is 38.4 Å². The lowest BCUT2D eigenvalue weighted by molar-refractivity contribution is 0.00589. The van der Waals surface area contributed by atoms with Crippen molar-refractivity contribution in [1.29, 1.82) is 0 Å². The third-order valence-corrected chi connectivity index (χ3v) is 3.63. The fourth-order valence-electron chi connectivity index (χ4n) is 2.49. The van der Waals surface area contributed by atoms with Crippen molar-refractivity contribution in [3.05, 3.63) is 0 Å². The molecular formula is C14H29NO3. The van der Waals surface area contributed by atoms with Crippen LogP contribution in [0.3, 0.4) is 0 Å². The zero-order valence-corrected chi connectivity index (χ0v) is 11.9. The minimum Gasteiger partial charge on any atom is -0.389 e. The molecule has 2 N–H and O–H groups in total. The van der Waals surface area contributed by atoms with Gasteiger partial charge in [0.2, 0.25) is 0 Å². The Morgan fingerprint density at radius 3 is 2.56 bits per heavy atom. The summed E-state index contributed by atoms with van der Waals surface area (Å²) in [5.41, 5.74) is 0.440. The molecule has 4 nitrogen and oxygen atoms in total. The predicted molar refractivity (Wildman–Crippen MR) is 72.8 cm³/mol. The molecule has 0 bridgehead atoms. The quantitative estimate of drug-likeness (QED) is 0.585. The molecule has 0 amide bonds. The Morgan fingerprint density at radius 1 is 1.22 bits per heavy atom. The number of aliphatic hydroxyl groups excluding tert-OH is 1. The van der Waals surface area contributed by atoms with Crippen molar-refractivity contribution in [3.63, 3.8) is 0 Å². The van der Waals surface area contributed by atoms with Crippen molar-refractivity contribution in [1.82, 2.24) is 5.32 Å². The van der Waals surface area contributed by atoms with Gasteiger partial charge in [0, 0.05) is 19.7 Å². The topological polar surface area (TPSA) is 50.7 Å². The maximum absolute atomic E-state index is 9.74. The second kappa shape index (κ2) is 8.86. The molecular weight excluding hydrogens is 230 g/mol. The van der Waals surface area contributed by atoms with E-state index in [-0.39, 0.29) is 0 Å². The Labute approximate surface area is 111 Å². The molecule has 1 fully saturated rings. The Balaban J connectivity index is 1.94. The molecule has 0 aromatic heterocycles. The SMILES string of the molecule is CCOCCOCC(O)CNCC1(C)CCCC1. The van der Waals surface area contributed by atoms with E-state index in [9.17, 15) is 5.11 Å². The number of rotatable bonds is 10. The normalized spacial score (nSPS) is 20.2. The van der Waals surface area contributed by atoms with Crippen molar-refractivity contribution in [2.45, 2.75) is 45.6 Å². The molecule has 0 spiro atoms. The summed E-state index contributed by atoms with van der Waals surface area (Å²) in [6, 6.07) is 0. The molecule has 0 aliphatic heterocycles. The van der Waals surface area contributed by atoms with Gasteiger partial charge in [-0.2, -0.15) is 0 Å². The van der Waals surface area contributed by atoms with Crippen LogP contribution in [0.15, 0.2) is 0 Å². The van der Waals surface area contributed by atoms with Crippen molar-refractivity contribution in [2.24, 2.45) is 5.41 Å². The van der Waals surface area contributed by atoms with Crippen LogP contribution in [0.1, 0.15) is 39.5 Å². The summed E-state index contributed by atoms with van der Waals surface area (Å²) < 4.78 is 10.5. The molecule has 0 aromatic carbocycles. The van der Waals surface area contributed by atoms with Gasteiger partial charge in [-0.05, 0) is 25.2 Å². The molecule has 1 aliphatic carbocycles. The minimum atomic E-state index is -0.420.